The maximum atomic E-state index is 12.6. The van der Waals surface area contributed by atoms with Crippen LogP contribution in [0.25, 0.3) is 0 Å². The number of hydrogen-bond acceptors (Lipinski definition) is 3. The van der Waals surface area contributed by atoms with Gasteiger partial charge in [-0.15, -0.1) is 0 Å². The number of carbonyl (C=O) groups is 2. The van der Waals surface area contributed by atoms with Crippen LogP contribution in [0.4, 0.5) is 4.79 Å². The third-order valence-electron chi connectivity index (χ3n) is 3.53. The minimum atomic E-state index is -0.925. The Kier molecular flexibility index (Phi) is 5.50. The van der Waals surface area contributed by atoms with Crippen LogP contribution >= 0.6 is 11.8 Å². The molecule has 0 aromatic heterocycles. The number of nitrogens with zero attached hydrogens (tertiary/aromatic N) is 2. The molecule has 2 amide bonds. The smallest absolute Gasteiger partial charge is 0.327 e. The first-order chi connectivity index (χ1) is 10.1. The van der Waals surface area contributed by atoms with Gasteiger partial charge in [-0.2, -0.15) is 11.8 Å². The molecule has 0 spiro atoms. The van der Waals surface area contributed by atoms with Crippen molar-refractivity contribution in [3.63, 3.8) is 0 Å². The minimum absolute atomic E-state index is 0.186. The Hall–Kier alpha value is -1.69. The van der Waals surface area contributed by atoms with Crippen molar-refractivity contribution in [3.05, 3.63) is 35.9 Å². The highest BCUT2D eigenvalue weighted by Gasteiger charge is 2.34. The highest BCUT2D eigenvalue weighted by Crippen LogP contribution is 2.19. The molecule has 5 nitrogen and oxygen atoms in total. The fraction of sp³-hybridized carbons (Fsp3) is 0.467. The maximum Gasteiger partial charge on any atom is 0.327 e. The molecule has 0 aliphatic carbocycles. The van der Waals surface area contributed by atoms with E-state index in [9.17, 15) is 14.7 Å². The standard InChI is InChI=1S/C15H20N2O3S/c1-2-16(10-12-6-4-3-5-7-12)15(20)17-8-9-21-11-13(17)14(18)19/h3-7,13H,2,8-11H2,1H3,(H,18,19). The molecule has 114 valence electrons. The van der Waals surface area contributed by atoms with Gasteiger partial charge < -0.3 is 14.9 Å². The molecule has 1 unspecified atom stereocenters. The van der Waals surface area contributed by atoms with Crippen molar-refractivity contribution in [1.82, 2.24) is 9.80 Å². The number of hydrogen-bond donors (Lipinski definition) is 1. The van der Waals surface area contributed by atoms with Gasteiger partial charge in [0.15, 0.2) is 0 Å². The molecule has 1 fully saturated rings. The number of rotatable bonds is 4. The topological polar surface area (TPSA) is 60.9 Å². The van der Waals surface area contributed by atoms with Gasteiger partial charge in [-0.05, 0) is 12.5 Å². The van der Waals surface area contributed by atoms with Crippen LogP contribution in [-0.2, 0) is 11.3 Å². The van der Waals surface area contributed by atoms with Gasteiger partial charge in [0.05, 0.1) is 0 Å². The first-order valence-corrected chi connectivity index (χ1v) is 8.19. The quantitative estimate of drug-likeness (QED) is 0.925. The first-order valence-electron chi connectivity index (χ1n) is 7.03. The summed E-state index contributed by atoms with van der Waals surface area (Å²) in [7, 11) is 0. The van der Waals surface area contributed by atoms with E-state index in [-0.39, 0.29) is 6.03 Å². The second-order valence-electron chi connectivity index (χ2n) is 4.90. The highest BCUT2D eigenvalue weighted by atomic mass is 32.2. The SMILES string of the molecule is CCN(Cc1ccccc1)C(=O)N1CCSCC1C(=O)O. The summed E-state index contributed by atoms with van der Waals surface area (Å²) in [6.07, 6.45) is 0. The lowest BCUT2D eigenvalue weighted by molar-refractivity contribution is -0.141. The summed E-state index contributed by atoms with van der Waals surface area (Å²) < 4.78 is 0. The molecule has 1 aliphatic heterocycles. The van der Waals surface area contributed by atoms with Crippen LogP contribution in [0.3, 0.4) is 0 Å². The maximum absolute atomic E-state index is 12.6. The number of aliphatic carboxylic acids is 1. The van der Waals surface area contributed by atoms with Crippen molar-refractivity contribution >= 4 is 23.8 Å². The summed E-state index contributed by atoms with van der Waals surface area (Å²) in [6, 6.07) is 8.84. The number of thioether (sulfide) groups is 1. The number of carboxylic acid groups (broad SMARTS) is 1. The average molecular weight is 308 g/mol. The summed E-state index contributed by atoms with van der Waals surface area (Å²) in [6.45, 7) is 3.47. The Morgan fingerprint density at radius 1 is 1.38 bits per heavy atom. The van der Waals surface area contributed by atoms with E-state index < -0.39 is 12.0 Å². The number of benzene rings is 1. The normalized spacial score (nSPS) is 18.3. The van der Waals surface area contributed by atoms with Crippen LogP contribution in [-0.4, -0.2) is 57.5 Å². The molecule has 1 saturated heterocycles. The number of urea groups is 1. The summed E-state index contributed by atoms with van der Waals surface area (Å²) >= 11 is 1.58. The summed E-state index contributed by atoms with van der Waals surface area (Å²) in [5.41, 5.74) is 1.05. The third kappa shape index (κ3) is 3.91. The van der Waals surface area contributed by atoms with Crippen LogP contribution in [0.1, 0.15) is 12.5 Å². The minimum Gasteiger partial charge on any atom is -0.480 e. The average Bonchev–Trinajstić information content (AvgIpc) is 2.53. The van der Waals surface area contributed by atoms with Gasteiger partial charge in [0, 0.05) is 31.1 Å². The van der Waals surface area contributed by atoms with Crippen molar-refractivity contribution in [3.8, 4) is 0 Å². The Morgan fingerprint density at radius 3 is 2.71 bits per heavy atom. The number of carboxylic acids is 1. The molecule has 0 bridgehead atoms. The van der Waals surface area contributed by atoms with Crippen molar-refractivity contribution in [2.45, 2.75) is 19.5 Å². The predicted octanol–water partition coefficient (Wildman–Crippen LogP) is 2.13. The van der Waals surface area contributed by atoms with Crippen LogP contribution in [0.15, 0.2) is 30.3 Å². The van der Waals surface area contributed by atoms with Crippen LogP contribution in [0, 0.1) is 0 Å². The zero-order valence-electron chi connectivity index (χ0n) is 12.1. The molecule has 1 aromatic carbocycles. The molecule has 1 atom stereocenters. The Morgan fingerprint density at radius 2 is 2.10 bits per heavy atom. The van der Waals surface area contributed by atoms with Gasteiger partial charge in [-0.3, -0.25) is 0 Å². The largest absolute Gasteiger partial charge is 0.480 e. The second kappa shape index (κ2) is 7.36. The van der Waals surface area contributed by atoms with E-state index >= 15 is 0 Å². The van der Waals surface area contributed by atoms with Crippen molar-refractivity contribution in [2.24, 2.45) is 0 Å². The van der Waals surface area contributed by atoms with E-state index in [1.807, 2.05) is 37.3 Å². The van der Waals surface area contributed by atoms with Crippen LogP contribution in [0.2, 0.25) is 0 Å². The zero-order valence-corrected chi connectivity index (χ0v) is 12.9. The monoisotopic (exact) mass is 308 g/mol. The zero-order chi connectivity index (χ0) is 15.2. The number of amides is 2. The summed E-state index contributed by atoms with van der Waals surface area (Å²) in [4.78, 5) is 27.1. The lowest BCUT2D eigenvalue weighted by atomic mass is 10.2. The Balaban J connectivity index is 2.09. The molecule has 6 heteroatoms. The highest BCUT2D eigenvalue weighted by molar-refractivity contribution is 7.99. The Bertz CT molecular complexity index is 495. The van der Waals surface area contributed by atoms with E-state index in [0.717, 1.165) is 11.3 Å². The molecule has 1 aliphatic rings. The van der Waals surface area contributed by atoms with Gasteiger partial charge in [-0.25, -0.2) is 9.59 Å². The molecular formula is C15H20N2O3S. The van der Waals surface area contributed by atoms with Crippen molar-refractivity contribution in [1.29, 1.82) is 0 Å². The summed E-state index contributed by atoms with van der Waals surface area (Å²) in [5.74, 6) is 0.328. The van der Waals surface area contributed by atoms with Gasteiger partial charge in [-0.1, -0.05) is 30.3 Å². The molecule has 1 heterocycles. The molecular weight excluding hydrogens is 288 g/mol. The van der Waals surface area contributed by atoms with Crippen molar-refractivity contribution in [2.75, 3.05) is 24.6 Å². The van der Waals surface area contributed by atoms with Gasteiger partial charge >= 0.3 is 12.0 Å². The fourth-order valence-electron chi connectivity index (χ4n) is 2.34. The van der Waals surface area contributed by atoms with E-state index in [2.05, 4.69) is 0 Å². The second-order valence-corrected chi connectivity index (χ2v) is 6.05. The molecule has 21 heavy (non-hydrogen) atoms. The first kappa shape index (κ1) is 15.7. The van der Waals surface area contributed by atoms with Gasteiger partial charge in [0.25, 0.3) is 0 Å². The van der Waals surface area contributed by atoms with E-state index in [4.69, 9.17) is 0 Å². The van der Waals surface area contributed by atoms with Gasteiger partial charge in [0.1, 0.15) is 6.04 Å². The fourth-order valence-corrected chi connectivity index (χ4v) is 3.38. The van der Waals surface area contributed by atoms with Crippen LogP contribution < -0.4 is 0 Å². The Labute approximate surface area is 128 Å². The number of carbonyl (C=O) groups excluding carboxylic acids is 1. The van der Waals surface area contributed by atoms with E-state index in [0.29, 0.717) is 25.4 Å². The molecule has 1 N–H and O–H groups in total. The lowest BCUT2D eigenvalue weighted by Gasteiger charge is -2.36. The molecule has 0 saturated carbocycles. The predicted molar refractivity (Wildman–Crippen MR) is 83.4 cm³/mol. The molecule has 2 rings (SSSR count). The van der Waals surface area contributed by atoms with Crippen molar-refractivity contribution < 1.29 is 14.7 Å². The van der Waals surface area contributed by atoms with Gasteiger partial charge in [0.2, 0.25) is 0 Å². The summed E-state index contributed by atoms with van der Waals surface area (Å²) in [5, 5.41) is 9.28. The lowest BCUT2D eigenvalue weighted by Crippen LogP contribution is -2.54. The molecule has 0 radical (unpaired) electrons. The third-order valence-corrected chi connectivity index (χ3v) is 4.55. The van der Waals surface area contributed by atoms with E-state index in [1.54, 1.807) is 16.7 Å². The van der Waals surface area contributed by atoms with E-state index in [1.165, 1.54) is 4.90 Å². The molecule has 1 aromatic rings. The van der Waals surface area contributed by atoms with Crippen LogP contribution in [0.5, 0.6) is 0 Å².